The predicted octanol–water partition coefficient (Wildman–Crippen LogP) is -0.826. The van der Waals surface area contributed by atoms with E-state index in [1.807, 2.05) is 18.7 Å². The van der Waals surface area contributed by atoms with Crippen molar-refractivity contribution in [2.24, 2.45) is 5.73 Å². The molecule has 0 aliphatic rings. The highest BCUT2D eigenvalue weighted by Gasteiger charge is 2.10. The van der Waals surface area contributed by atoms with Gasteiger partial charge in [0.2, 0.25) is 5.91 Å². The summed E-state index contributed by atoms with van der Waals surface area (Å²) in [6.07, 6.45) is 0. The predicted molar refractivity (Wildman–Crippen MR) is 43.0 cm³/mol. The van der Waals surface area contributed by atoms with Crippen LogP contribution in [0.5, 0.6) is 0 Å². The molecule has 0 aromatic rings. The van der Waals surface area contributed by atoms with Crippen LogP contribution in [0, 0.1) is 0 Å². The van der Waals surface area contributed by atoms with Gasteiger partial charge in [-0.15, -0.1) is 0 Å². The molecule has 0 saturated carbocycles. The smallest absolute Gasteiger partial charge is 0.231 e. The molecule has 3 N–H and O–H groups in total. The zero-order valence-electron chi connectivity index (χ0n) is 7.08. The van der Waals surface area contributed by atoms with Crippen molar-refractivity contribution in [2.75, 3.05) is 19.7 Å². The first-order chi connectivity index (χ1) is 5.07. The molecular formula is C7H16N2O2. The van der Waals surface area contributed by atoms with E-state index in [4.69, 9.17) is 10.8 Å². The van der Waals surface area contributed by atoms with Crippen LogP contribution in [0.15, 0.2) is 0 Å². The lowest BCUT2D eigenvalue weighted by atomic mass is 10.3. The van der Waals surface area contributed by atoms with Gasteiger partial charge in [0, 0.05) is 12.6 Å². The molecule has 66 valence electrons. The van der Waals surface area contributed by atoms with Gasteiger partial charge < -0.3 is 10.8 Å². The first kappa shape index (κ1) is 10.4. The Kier molecular flexibility index (Phi) is 4.81. The highest BCUT2D eigenvalue weighted by Crippen LogP contribution is 1.95. The van der Waals surface area contributed by atoms with Gasteiger partial charge in [-0.05, 0) is 13.8 Å². The third-order valence-corrected chi connectivity index (χ3v) is 1.48. The molecular weight excluding hydrogens is 144 g/mol. The van der Waals surface area contributed by atoms with Crippen LogP contribution in [0.4, 0.5) is 0 Å². The molecule has 0 bridgehead atoms. The van der Waals surface area contributed by atoms with Crippen molar-refractivity contribution < 1.29 is 9.90 Å². The molecule has 1 amide bonds. The lowest BCUT2D eigenvalue weighted by Crippen LogP contribution is -2.40. The monoisotopic (exact) mass is 160 g/mol. The topological polar surface area (TPSA) is 66.6 Å². The summed E-state index contributed by atoms with van der Waals surface area (Å²) in [5.74, 6) is -0.354. The van der Waals surface area contributed by atoms with Crippen LogP contribution in [-0.4, -0.2) is 41.7 Å². The molecule has 0 spiro atoms. The number of nitrogens with zero attached hydrogens (tertiary/aromatic N) is 1. The number of primary amides is 1. The quantitative estimate of drug-likeness (QED) is 0.552. The zero-order valence-corrected chi connectivity index (χ0v) is 7.08. The Morgan fingerprint density at radius 3 is 2.45 bits per heavy atom. The van der Waals surface area contributed by atoms with Crippen molar-refractivity contribution in [3.8, 4) is 0 Å². The average molecular weight is 160 g/mol. The first-order valence-electron chi connectivity index (χ1n) is 3.71. The van der Waals surface area contributed by atoms with E-state index in [2.05, 4.69) is 0 Å². The van der Waals surface area contributed by atoms with E-state index in [0.717, 1.165) is 0 Å². The maximum atomic E-state index is 10.5. The number of aliphatic hydroxyl groups excluding tert-OH is 1. The second-order valence-electron chi connectivity index (χ2n) is 2.75. The number of rotatable bonds is 5. The van der Waals surface area contributed by atoms with E-state index in [-0.39, 0.29) is 25.1 Å². The van der Waals surface area contributed by atoms with Crippen molar-refractivity contribution in [3.05, 3.63) is 0 Å². The van der Waals surface area contributed by atoms with Crippen molar-refractivity contribution in [1.29, 1.82) is 0 Å². The molecule has 0 aliphatic heterocycles. The molecule has 0 fully saturated rings. The van der Waals surface area contributed by atoms with Gasteiger partial charge in [-0.1, -0.05) is 0 Å². The Hall–Kier alpha value is -0.610. The summed E-state index contributed by atoms with van der Waals surface area (Å²) in [7, 11) is 0. The Morgan fingerprint density at radius 1 is 1.64 bits per heavy atom. The molecule has 0 atom stereocenters. The largest absolute Gasteiger partial charge is 0.395 e. The number of hydrogen-bond acceptors (Lipinski definition) is 3. The van der Waals surface area contributed by atoms with E-state index >= 15 is 0 Å². The summed E-state index contributed by atoms with van der Waals surface area (Å²) < 4.78 is 0. The van der Waals surface area contributed by atoms with Crippen molar-refractivity contribution in [1.82, 2.24) is 4.90 Å². The molecule has 0 aromatic heterocycles. The molecule has 11 heavy (non-hydrogen) atoms. The van der Waals surface area contributed by atoms with E-state index in [1.54, 1.807) is 0 Å². The molecule has 4 heteroatoms. The summed E-state index contributed by atoms with van der Waals surface area (Å²) in [6, 6.07) is 0.245. The lowest BCUT2D eigenvalue weighted by molar-refractivity contribution is -0.119. The molecule has 4 nitrogen and oxygen atoms in total. The van der Waals surface area contributed by atoms with Gasteiger partial charge >= 0.3 is 0 Å². The van der Waals surface area contributed by atoms with Crippen LogP contribution in [0.2, 0.25) is 0 Å². The number of amides is 1. The van der Waals surface area contributed by atoms with E-state index < -0.39 is 0 Å². The van der Waals surface area contributed by atoms with Gasteiger partial charge in [0.15, 0.2) is 0 Å². The Morgan fingerprint density at radius 2 is 2.18 bits per heavy atom. The first-order valence-corrected chi connectivity index (χ1v) is 3.71. The summed E-state index contributed by atoms with van der Waals surface area (Å²) in [5, 5.41) is 8.60. The molecule has 0 saturated heterocycles. The van der Waals surface area contributed by atoms with Gasteiger partial charge in [-0.25, -0.2) is 0 Å². The number of carbonyl (C=O) groups excluding carboxylic acids is 1. The number of carbonyl (C=O) groups is 1. The van der Waals surface area contributed by atoms with Gasteiger partial charge in [0.1, 0.15) is 0 Å². The minimum Gasteiger partial charge on any atom is -0.395 e. The zero-order chi connectivity index (χ0) is 8.85. The summed E-state index contributed by atoms with van der Waals surface area (Å²) >= 11 is 0. The third-order valence-electron chi connectivity index (χ3n) is 1.48. The average Bonchev–Trinajstić information content (AvgIpc) is 1.86. The fourth-order valence-electron chi connectivity index (χ4n) is 0.848. The van der Waals surface area contributed by atoms with Crippen LogP contribution in [0.1, 0.15) is 13.8 Å². The summed E-state index contributed by atoms with van der Waals surface area (Å²) in [5.41, 5.74) is 5.00. The number of aliphatic hydroxyl groups is 1. The van der Waals surface area contributed by atoms with Crippen LogP contribution >= 0.6 is 0 Å². The van der Waals surface area contributed by atoms with Crippen molar-refractivity contribution >= 4 is 5.91 Å². The van der Waals surface area contributed by atoms with Crippen LogP contribution in [0.25, 0.3) is 0 Å². The molecule has 0 heterocycles. The van der Waals surface area contributed by atoms with Gasteiger partial charge in [0.05, 0.1) is 13.2 Å². The highest BCUT2D eigenvalue weighted by molar-refractivity contribution is 5.75. The fourth-order valence-corrected chi connectivity index (χ4v) is 0.848. The standard InChI is InChI=1S/C7H16N2O2/c1-6(2)9(3-4-10)5-7(8)11/h6,10H,3-5H2,1-2H3,(H2,8,11). The lowest BCUT2D eigenvalue weighted by Gasteiger charge is -2.23. The maximum Gasteiger partial charge on any atom is 0.231 e. The number of hydrogen-bond donors (Lipinski definition) is 2. The second-order valence-corrected chi connectivity index (χ2v) is 2.75. The van der Waals surface area contributed by atoms with Crippen LogP contribution in [0.3, 0.4) is 0 Å². The third kappa shape index (κ3) is 4.75. The highest BCUT2D eigenvalue weighted by atomic mass is 16.3. The van der Waals surface area contributed by atoms with Crippen LogP contribution < -0.4 is 5.73 Å². The van der Waals surface area contributed by atoms with E-state index in [1.165, 1.54) is 0 Å². The SMILES string of the molecule is CC(C)N(CCO)CC(N)=O. The van der Waals surface area contributed by atoms with Gasteiger partial charge in [0.25, 0.3) is 0 Å². The molecule has 0 radical (unpaired) electrons. The minimum absolute atomic E-state index is 0.0610. The summed E-state index contributed by atoms with van der Waals surface area (Å²) in [4.78, 5) is 12.3. The minimum atomic E-state index is -0.354. The Bertz CT molecular complexity index is 126. The van der Waals surface area contributed by atoms with E-state index in [0.29, 0.717) is 6.54 Å². The molecule has 0 aliphatic carbocycles. The molecule has 0 unspecified atom stereocenters. The van der Waals surface area contributed by atoms with Gasteiger partial charge in [-0.3, -0.25) is 9.69 Å². The normalized spacial score (nSPS) is 11.0. The Balaban J connectivity index is 3.79. The molecule has 0 rings (SSSR count). The second kappa shape index (κ2) is 5.09. The number of nitrogens with two attached hydrogens (primary N) is 1. The fraction of sp³-hybridized carbons (Fsp3) is 0.857. The maximum absolute atomic E-state index is 10.5. The van der Waals surface area contributed by atoms with Crippen molar-refractivity contribution in [3.63, 3.8) is 0 Å². The summed E-state index contributed by atoms with van der Waals surface area (Å²) in [6.45, 7) is 4.70. The van der Waals surface area contributed by atoms with E-state index in [9.17, 15) is 4.79 Å². The molecule has 0 aromatic carbocycles. The Labute approximate surface area is 67.0 Å². The van der Waals surface area contributed by atoms with Crippen molar-refractivity contribution in [2.45, 2.75) is 19.9 Å². The van der Waals surface area contributed by atoms with Crippen LogP contribution in [-0.2, 0) is 4.79 Å². The van der Waals surface area contributed by atoms with Gasteiger partial charge in [-0.2, -0.15) is 0 Å².